The number of amides is 3. The Morgan fingerprint density at radius 3 is 2.39 bits per heavy atom. The molecule has 0 aliphatic heterocycles. The average Bonchev–Trinajstić information content (AvgIpc) is 3.45. The maximum atomic E-state index is 13.3. The SMILES string of the molecule is O=C(CSc1cccc(NC(=O)/C(=C/c2ccc(Cl)cc2)NC(=O)c2ccccc2)c1)Nc1ccc2cc[nH]c2c1. The fourth-order valence-corrected chi connectivity index (χ4v) is 4.88. The highest BCUT2D eigenvalue weighted by atomic mass is 35.5. The van der Waals surface area contributed by atoms with Crippen LogP contribution in [0.1, 0.15) is 15.9 Å². The number of nitrogens with one attached hydrogen (secondary N) is 4. The van der Waals surface area contributed by atoms with Crippen LogP contribution in [0.15, 0.2) is 120 Å². The zero-order valence-electron chi connectivity index (χ0n) is 21.7. The fourth-order valence-electron chi connectivity index (χ4n) is 4.00. The van der Waals surface area contributed by atoms with Crippen LogP contribution >= 0.6 is 23.4 Å². The molecule has 0 spiro atoms. The van der Waals surface area contributed by atoms with E-state index in [1.54, 1.807) is 72.8 Å². The summed E-state index contributed by atoms with van der Waals surface area (Å²) in [6, 6.07) is 30.4. The number of carbonyl (C=O) groups excluding carboxylic acids is 3. The summed E-state index contributed by atoms with van der Waals surface area (Å²) in [4.78, 5) is 42.6. The molecule has 41 heavy (non-hydrogen) atoms. The van der Waals surface area contributed by atoms with Crippen molar-refractivity contribution in [1.29, 1.82) is 0 Å². The molecule has 1 aromatic heterocycles. The molecule has 0 atom stereocenters. The van der Waals surface area contributed by atoms with Crippen LogP contribution < -0.4 is 16.0 Å². The topological polar surface area (TPSA) is 103 Å². The monoisotopic (exact) mass is 580 g/mol. The van der Waals surface area contributed by atoms with Crippen molar-refractivity contribution in [2.45, 2.75) is 4.90 Å². The third-order valence-corrected chi connectivity index (χ3v) is 7.26. The molecule has 4 aromatic carbocycles. The summed E-state index contributed by atoms with van der Waals surface area (Å²) in [5.41, 5.74) is 3.36. The van der Waals surface area contributed by atoms with Crippen molar-refractivity contribution in [1.82, 2.24) is 10.3 Å². The van der Waals surface area contributed by atoms with E-state index in [0.717, 1.165) is 15.8 Å². The highest BCUT2D eigenvalue weighted by Crippen LogP contribution is 2.23. The quantitative estimate of drug-likeness (QED) is 0.112. The first kappa shape index (κ1) is 27.8. The standard InChI is InChI=1S/C32H25ClN4O3S/c33-24-12-9-21(10-13-24)17-29(37-31(39)23-5-2-1-3-6-23)32(40)36-25-7-4-8-27(18-25)41-20-30(38)35-26-14-11-22-15-16-34-28(22)19-26/h1-19,34H,20H2,(H,35,38)(H,36,40)(H,37,39)/b29-17-. The van der Waals surface area contributed by atoms with Gasteiger partial charge in [0.25, 0.3) is 11.8 Å². The van der Waals surface area contributed by atoms with Gasteiger partial charge < -0.3 is 20.9 Å². The van der Waals surface area contributed by atoms with Crippen molar-refractivity contribution >= 4 is 69.4 Å². The number of anilines is 2. The second-order valence-corrected chi connectivity index (χ2v) is 10.5. The molecule has 0 saturated heterocycles. The van der Waals surface area contributed by atoms with Crippen molar-refractivity contribution in [3.05, 3.63) is 131 Å². The average molecular weight is 581 g/mol. The molecule has 0 bridgehead atoms. The Hall–Kier alpha value is -4.79. The molecule has 0 aliphatic carbocycles. The first-order valence-electron chi connectivity index (χ1n) is 12.7. The third-order valence-electron chi connectivity index (χ3n) is 6.01. The number of aromatic nitrogens is 1. The van der Waals surface area contributed by atoms with Crippen LogP contribution in [-0.2, 0) is 9.59 Å². The van der Waals surface area contributed by atoms with Crippen molar-refractivity contribution < 1.29 is 14.4 Å². The van der Waals surface area contributed by atoms with Gasteiger partial charge >= 0.3 is 0 Å². The molecule has 0 radical (unpaired) electrons. The van der Waals surface area contributed by atoms with Crippen molar-refractivity contribution in [3.63, 3.8) is 0 Å². The number of hydrogen-bond acceptors (Lipinski definition) is 4. The van der Waals surface area contributed by atoms with E-state index in [0.29, 0.717) is 27.5 Å². The van der Waals surface area contributed by atoms with Gasteiger partial charge in [0.1, 0.15) is 5.70 Å². The van der Waals surface area contributed by atoms with Crippen LogP contribution in [0.3, 0.4) is 0 Å². The van der Waals surface area contributed by atoms with Gasteiger partial charge in [0.2, 0.25) is 5.91 Å². The zero-order chi connectivity index (χ0) is 28.6. The Balaban J connectivity index is 1.25. The Labute approximate surface area is 246 Å². The number of benzene rings is 4. The summed E-state index contributed by atoms with van der Waals surface area (Å²) in [7, 11) is 0. The van der Waals surface area contributed by atoms with Gasteiger partial charge in [-0.1, -0.05) is 54.1 Å². The Bertz CT molecular complexity index is 1730. The highest BCUT2D eigenvalue weighted by Gasteiger charge is 2.15. The summed E-state index contributed by atoms with van der Waals surface area (Å²) in [5, 5.41) is 10.1. The molecule has 7 nitrogen and oxygen atoms in total. The van der Waals surface area contributed by atoms with Crippen molar-refractivity contribution in [2.75, 3.05) is 16.4 Å². The maximum absolute atomic E-state index is 13.3. The Morgan fingerprint density at radius 2 is 1.59 bits per heavy atom. The minimum atomic E-state index is -0.496. The molecule has 0 fully saturated rings. The zero-order valence-corrected chi connectivity index (χ0v) is 23.3. The van der Waals surface area contributed by atoms with Crippen LogP contribution in [0, 0.1) is 0 Å². The first-order valence-corrected chi connectivity index (χ1v) is 14.0. The molecule has 0 unspecified atom stereocenters. The number of rotatable bonds is 9. The minimum Gasteiger partial charge on any atom is -0.361 e. The van der Waals surface area contributed by atoms with E-state index in [2.05, 4.69) is 20.9 Å². The summed E-state index contributed by atoms with van der Waals surface area (Å²) >= 11 is 7.35. The van der Waals surface area contributed by atoms with Gasteiger partial charge in [-0.05, 0) is 77.7 Å². The molecule has 204 valence electrons. The van der Waals surface area contributed by atoms with E-state index in [1.807, 2.05) is 42.6 Å². The summed E-state index contributed by atoms with van der Waals surface area (Å²) < 4.78 is 0. The van der Waals surface area contributed by atoms with Crippen LogP contribution in [0.4, 0.5) is 11.4 Å². The molecule has 9 heteroatoms. The molecule has 4 N–H and O–H groups in total. The normalized spacial score (nSPS) is 11.2. The van der Waals surface area contributed by atoms with Crippen LogP contribution in [0.25, 0.3) is 17.0 Å². The van der Waals surface area contributed by atoms with Gasteiger partial charge in [-0.3, -0.25) is 14.4 Å². The number of halogens is 1. The van der Waals surface area contributed by atoms with E-state index in [1.165, 1.54) is 11.8 Å². The lowest BCUT2D eigenvalue weighted by Gasteiger charge is -2.12. The second-order valence-electron chi connectivity index (χ2n) is 9.03. The number of carbonyl (C=O) groups is 3. The van der Waals surface area contributed by atoms with Crippen molar-refractivity contribution in [2.24, 2.45) is 0 Å². The molecule has 0 saturated carbocycles. The second kappa shape index (κ2) is 13.0. The van der Waals surface area contributed by atoms with Gasteiger partial charge in [0, 0.05) is 38.6 Å². The molecular formula is C32H25ClN4O3S. The highest BCUT2D eigenvalue weighted by molar-refractivity contribution is 8.00. The largest absolute Gasteiger partial charge is 0.361 e. The van der Waals surface area contributed by atoms with E-state index >= 15 is 0 Å². The first-order chi connectivity index (χ1) is 19.9. The lowest BCUT2D eigenvalue weighted by molar-refractivity contribution is -0.114. The maximum Gasteiger partial charge on any atom is 0.272 e. The van der Waals surface area contributed by atoms with E-state index < -0.39 is 11.8 Å². The number of fused-ring (bicyclic) bond motifs is 1. The van der Waals surface area contributed by atoms with Crippen LogP contribution in [0.2, 0.25) is 5.02 Å². The van der Waals surface area contributed by atoms with E-state index in [9.17, 15) is 14.4 Å². The Morgan fingerprint density at radius 1 is 0.805 bits per heavy atom. The third kappa shape index (κ3) is 7.66. The van der Waals surface area contributed by atoms with E-state index in [4.69, 9.17) is 11.6 Å². The van der Waals surface area contributed by atoms with Gasteiger partial charge in [-0.2, -0.15) is 0 Å². The molecule has 3 amide bonds. The number of aromatic amines is 1. The van der Waals surface area contributed by atoms with Gasteiger partial charge in [-0.15, -0.1) is 11.8 Å². The predicted molar refractivity (Wildman–Crippen MR) is 166 cm³/mol. The van der Waals surface area contributed by atoms with Gasteiger partial charge in [-0.25, -0.2) is 0 Å². The molecule has 5 rings (SSSR count). The number of thioether (sulfide) groups is 1. The number of hydrogen-bond donors (Lipinski definition) is 4. The lowest BCUT2D eigenvalue weighted by Crippen LogP contribution is -2.30. The van der Waals surface area contributed by atoms with Gasteiger partial charge in [0.05, 0.1) is 5.75 Å². The number of H-pyrrole nitrogens is 1. The fraction of sp³-hybridized carbons (Fsp3) is 0.0312. The van der Waals surface area contributed by atoms with Crippen molar-refractivity contribution in [3.8, 4) is 0 Å². The molecule has 1 heterocycles. The van der Waals surface area contributed by atoms with Crippen LogP contribution in [-0.4, -0.2) is 28.5 Å². The lowest BCUT2D eigenvalue weighted by atomic mass is 10.1. The predicted octanol–water partition coefficient (Wildman–Crippen LogP) is 6.96. The smallest absolute Gasteiger partial charge is 0.272 e. The summed E-state index contributed by atoms with van der Waals surface area (Å²) in [6.45, 7) is 0. The minimum absolute atomic E-state index is 0.0673. The summed E-state index contributed by atoms with van der Waals surface area (Å²) in [5.74, 6) is -0.864. The van der Waals surface area contributed by atoms with E-state index in [-0.39, 0.29) is 17.4 Å². The molecule has 0 aliphatic rings. The summed E-state index contributed by atoms with van der Waals surface area (Å²) in [6.07, 6.45) is 3.44. The van der Waals surface area contributed by atoms with Crippen LogP contribution in [0.5, 0.6) is 0 Å². The molecule has 5 aromatic rings. The molecular weight excluding hydrogens is 556 g/mol. The van der Waals surface area contributed by atoms with Gasteiger partial charge in [0.15, 0.2) is 0 Å². The Kier molecular flexibility index (Phi) is 8.83.